The molecule has 2 nitrogen and oxygen atoms in total. The summed E-state index contributed by atoms with van der Waals surface area (Å²) in [4.78, 5) is 0. The third-order valence-corrected chi connectivity index (χ3v) is 2.10. The first kappa shape index (κ1) is 13.2. The van der Waals surface area contributed by atoms with Gasteiger partial charge in [0.05, 0.1) is 5.60 Å². The summed E-state index contributed by atoms with van der Waals surface area (Å²) in [7, 11) is 0. The second-order valence-corrected chi connectivity index (χ2v) is 3.49. The molecule has 1 aliphatic carbocycles. The van der Waals surface area contributed by atoms with Crippen molar-refractivity contribution < 1.29 is 23.8 Å². The minimum absolute atomic E-state index is 0. The zero-order valence-electron chi connectivity index (χ0n) is 7.89. The van der Waals surface area contributed by atoms with Crippen LogP contribution in [0.3, 0.4) is 0 Å². The predicted molar refractivity (Wildman–Crippen MR) is 46.7 cm³/mol. The van der Waals surface area contributed by atoms with Crippen LogP contribution in [0, 0.1) is 5.92 Å². The number of hydrogen-bond donors (Lipinski definition) is 1. The van der Waals surface area contributed by atoms with Crippen molar-refractivity contribution in [3.8, 4) is 0 Å². The monoisotopic (exact) mass is 210 g/mol. The Kier molecular flexibility index (Phi) is 3.53. The lowest BCUT2D eigenvalue weighted by atomic mass is 9.83. The summed E-state index contributed by atoms with van der Waals surface area (Å²) in [5.41, 5.74) is -1.30. The van der Waals surface area contributed by atoms with Crippen molar-refractivity contribution in [1.29, 1.82) is 0 Å². The van der Waals surface area contributed by atoms with Crippen LogP contribution in [-0.4, -0.2) is 22.4 Å². The van der Waals surface area contributed by atoms with Gasteiger partial charge in [0.1, 0.15) is 5.92 Å². The summed E-state index contributed by atoms with van der Waals surface area (Å²) >= 11 is 0. The molecule has 2 atom stereocenters. The molecule has 0 spiro atoms. The minimum Gasteiger partial charge on any atom is -0.412 e. The summed E-state index contributed by atoms with van der Waals surface area (Å²) in [6, 6.07) is 0. The van der Waals surface area contributed by atoms with Crippen molar-refractivity contribution in [2.24, 2.45) is 5.92 Å². The van der Waals surface area contributed by atoms with Crippen molar-refractivity contribution in [1.82, 2.24) is 0 Å². The molecule has 14 heavy (non-hydrogen) atoms. The molecule has 0 saturated carbocycles. The highest BCUT2D eigenvalue weighted by atomic mass is 19.4. The highest BCUT2D eigenvalue weighted by Gasteiger charge is 2.48. The fraction of sp³-hybridized carbons (Fsp3) is 0.556. The number of alkyl halides is 3. The topological polar surface area (TPSA) is 51.7 Å². The lowest BCUT2D eigenvalue weighted by molar-refractivity contribution is -0.197. The molecule has 0 aromatic carbocycles. The van der Waals surface area contributed by atoms with Crippen molar-refractivity contribution in [2.45, 2.75) is 25.6 Å². The van der Waals surface area contributed by atoms with Gasteiger partial charge in [0.25, 0.3) is 0 Å². The molecule has 0 aliphatic heterocycles. The first-order valence-electron chi connectivity index (χ1n) is 3.90. The molecule has 0 bridgehead atoms. The van der Waals surface area contributed by atoms with E-state index in [9.17, 15) is 18.3 Å². The van der Waals surface area contributed by atoms with E-state index < -0.39 is 17.7 Å². The van der Waals surface area contributed by atoms with E-state index in [2.05, 4.69) is 0 Å². The quantitative estimate of drug-likeness (QED) is 0.648. The standard InChI is InChI=1S/C9H11F3O.H2O/c1-6-3-4-8(2,13)7(5-6)9(10,11)12;/h3-5,7,13H,1-2H3;1H2. The van der Waals surface area contributed by atoms with Crippen LogP contribution >= 0.6 is 0 Å². The number of allylic oxidation sites excluding steroid dienone is 2. The maximum Gasteiger partial charge on any atom is 0.398 e. The first-order valence-corrected chi connectivity index (χ1v) is 3.90. The largest absolute Gasteiger partial charge is 0.412 e. The second-order valence-electron chi connectivity index (χ2n) is 3.49. The van der Waals surface area contributed by atoms with E-state index in [4.69, 9.17) is 0 Å². The molecule has 0 radical (unpaired) electrons. The van der Waals surface area contributed by atoms with E-state index >= 15 is 0 Å². The average Bonchev–Trinajstić information content (AvgIpc) is 1.92. The lowest BCUT2D eigenvalue weighted by Crippen LogP contribution is -2.42. The van der Waals surface area contributed by atoms with Crippen molar-refractivity contribution in [2.75, 3.05) is 0 Å². The van der Waals surface area contributed by atoms with Gasteiger partial charge >= 0.3 is 6.18 Å². The van der Waals surface area contributed by atoms with Crippen LogP contribution in [0.25, 0.3) is 0 Å². The first-order chi connectivity index (χ1) is 5.73. The third-order valence-electron chi connectivity index (χ3n) is 2.10. The zero-order chi connectivity index (χ0) is 10.3. The van der Waals surface area contributed by atoms with Gasteiger partial charge in [-0.3, -0.25) is 0 Å². The van der Waals surface area contributed by atoms with Crippen molar-refractivity contribution in [3.05, 3.63) is 23.8 Å². The number of hydrogen-bond acceptors (Lipinski definition) is 1. The lowest BCUT2D eigenvalue weighted by Gasteiger charge is -2.32. The van der Waals surface area contributed by atoms with Gasteiger partial charge in [-0.25, -0.2) is 0 Å². The molecule has 0 aromatic heterocycles. The molecule has 0 heterocycles. The van der Waals surface area contributed by atoms with Gasteiger partial charge < -0.3 is 10.6 Å². The Morgan fingerprint density at radius 1 is 1.43 bits per heavy atom. The smallest absolute Gasteiger partial charge is 0.398 e. The Labute approximate surface area is 80.0 Å². The number of halogens is 3. The van der Waals surface area contributed by atoms with E-state index in [1.165, 1.54) is 12.2 Å². The molecular weight excluding hydrogens is 197 g/mol. The molecule has 1 aliphatic rings. The van der Waals surface area contributed by atoms with Gasteiger partial charge in [-0.05, 0) is 13.8 Å². The summed E-state index contributed by atoms with van der Waals surface area (Å²) in [5.74, 6) is -1.80. The van der Waals surface area contributed by atoms with Crippen LogP contribution in [0.2, 0.25) is 0 Å². The van der Waals surface area contributed by atoms with Gasteiger partial charge in [-0.2, -0.15) is 13.2 Å². The summed E-state index contributed by atoms with van der Waals surface area (Å²) in [5, 5.41) is 9.44. The Bertz CT molecular complexity index is 264. The third kappa shape index (κ3) is 2.59. The normalized spacial score (nSPS) is 32.1. The van der Waals surface area contributed by atoms with Crippen molar-refractivity contribution in [3.63, 3.8) is 0 Å². The molecule has 5 heteroatoms. The van der Waals surface area contributed by atoms with E-state index in [1.54, 1.807) is 6.92 Å². The summed E-state index contributed by atoms with van der Waals surface area (Å²) in [6.07, 6.45) is -0.682. The maximum atomic E-state index is 12.4. The Morgan fingerprint density at radius 3 is 2.29 bits per heavy atom. The molecule has 1 rings (SSSR count). The van der Waals surface area contributed by atoms with Gasteiger partial charge in [-0.15, -0.1) is 0 Å². The maximum absolute atomic E-state index is 12.4. The molecule has 0 fully saturated rings. The van der Waals surface area contributed by atoms with Crippen LogP contribution < -0.4 is 0 Å². The summed E-state index contributed by atoms with van der Waals surface area (Å²) < 4.78 is 37.1. The average molecular weight is 210 g/mol. The summed E-state index contributed by atoms with van der Waals surface area (Å²) in [6.45, 7) is 2.73. The van der Waals surface area contributed by atoms with Crippen LogP contribution in [0.5, 0.6) is 0 Å². The van der Waals surface area contributed by atoms with Crippen LogP contribution in [0.4, 0.5) is 13.2 Å². The van der Waals surface area contributed by atoms with Gasteiger partial charge in [0.2, 0.25) is 0 Å². The highest BCUT2D eigenvalue weighted by molar-refractivity contribution is 5.28. The Balaban J connectivity index is 0.00000169. The molecule has 0 amide bonds. The van der Waals surface area contributed by atoms with E-state index in [-0.39, 0.29) is 5.48 Å². The second kappa shape index (κ2) is 3.74. The van der Waals surface area contributed by atoms with Crippen LogP contribution in [0.15, 0.2) is 23.8 Å². The molecule has 3 N–H and O–H groups in total. The van der Waals surface area contributed by atoms with Gasteiger partial charge in [0, 0.05) is 0 Å². The fourth-order valence-corrected chi connectivity index (χ4v) is 1.32. The Hall–Kier alpha value is -0.810. The van der Waals surface area contributed by atoms with Crippen LogP contribution in [0.1, 0.15) is 13.8 Å². The van der Waals surface area contributed by atoms with E-state index in [0.29, 0.717) is 5.57 Å². The van der Waals surface area contributed by atoms with E-state index in [1.807, 2.05) is 0 Å². The highest BCUT2D eigenvalue weighted by Crippen LogP contribution is 2.39. The molecule has 2 unspecified atom stereocenters. The number of aliphatic hydroxyl groups is 1. The minimum atomic E-state index is -4.39. The molecule has 0 aromatic rings. The van der Waals surface area contributed by atoms with Crippen LogP contribution in [-0.2, 0) is 0 Å². The van der Waals surface area contributed by atoms with E-state index in [0.717, 1.165) is 13.0 Å². The number of rotatable bonds is 0. The predicted octanol–water partition coefficient (Wildman–Crippen LogP) is 1.61. The van der Waals surface area contributed by atoms with Gasteiger partial charge in [0.15, 0.2) is 0 Å². The molecule has 82 valence electrons. The van der Waals surface area contributed by atoms with Gasteiger partial charge in [-0.1, -0.05) is 23.8 Å². The zero-order valence-corrected chi connectivity index (χ0v) is 7.89. The molecular formula is C9H13F3O2. The Morgan fingerprint density at radius 2 is 1.93 bits per heavy atom. The fourth-order valence-electron chi connectivity index (χ4n) is 1.32. The van der Waals surface area contributed by atoms with Crippen molar-refractivity contribution >= 4 is 0 Å². The SMILES string of the molecule is CC1=CC(C(F)(F)F)C(C)(O)C=C1.O. The molecule has 0 saturated heterocycles.